The van der Waals surface area contributed by atoms with Crippen LogP contribution in [0.4, 0.5) is 10.5 Å². The molecule has 0 aliphatic carbocycles. The lowest BCUT2D eigenvalue weighted by Crippen LogP contribution is -2.40. The number of methoxy groups -OCH3 is 1. The number of rotatable bonds is 7. The Morgan fingerprint density at radius 3 is 2.40 bits per heavy atom. The van der Waals surface area contributed by atoms with Gasteiger partial charge < -0.3 is 25.6 Å². The molecule has 0 bridgehead atoms. The van der Waals surface area contributed by atoms with Gasteiger partial charge in [-0.05, 0) is 70.8 Å². The Kier molecular flexibility index (Phi) is 7.83. The van der Waals surface area contributed by atoms with Crippen molar-refractivity contribution in [2.45, 2.75) is 32.4 Å². The minimum Gasteiger partial charge on any atom is -0.497 e. The van der Waals surface area contributed by atoms with Crippen LogP contribution in [0.3, 0.4) is 0 Å². The van der Waals surface area contributed by atoms with Gasteiger partial charge in [-0.25, -0.2) is 4.79 Å². The number of carbonyl (C=O) groups excluding carboxylic acids is 2. The average molecular weight is 413 g/mol. The second-order valence-corrected chi connectivity index (χ2v) is 8.38. The fourth-order valence-electron chi connectivity index (χ4n) is 2.96. The zero-order chi connectivity index (χ0) is 22.3. The fourth-order valence-corrected chi connectivity index (χ4v) is 2.96. The van der Waals surface area contributed by atoms with E-state index >= 15 is 0 Å². The maximum absolute atomic E-state index is 12.4. The highest BCUT2D eigenvalue weighted by Gasteiger charge is 2.17. The van der Waals surface area contributed by atoms with Crippen molar-refractivity contribution in [1.82, 2.24) is 15.5 Å². The smallest absolute Gasteiger partial charge is 0.319 e. The van der Waals surface area contributed by atoms with Crippen LogP contribution in [-0.4, -0.2) is 50.1 Å². The first-order valence-electron chi connectivity index (χ1n) is 9.87. The zero-order valence-electron chi connectivity index (χ0n) is 18.6. The molecule has 7 nitrogen and oxygen atoms in total. The maximum Gasteiger partial charge on any atom is 0.319 e. The van der Waals surface area contributed by atoms with Crippen molar-refractivity contribution in [2.75, 3.05) is 33.1 Å². The van der Waals surface area contributed by atoms with Crippen LogP contribution in [0.1, 0.15) is 42.7 Å². The van der Waals surface area contributed by atoms with E-state index in [0.29, 0.717) is 17.8 Å². The SMILES string of the molecule is COc1cccc(C(CNC(=O)Nc2cccc(C(=O)NC(C)(C)C)c2)N(C)C)c1. The maximum atomic E-state index is 12.4. The summed E-state index contributed by atoms with van der Waals surface area (Å²) < 4.78 is 5.30. The normalized spacial score (nSPS) is 12.2. The van der Waals surface area contributed by atoms with Crippen molar-refractivity contribution in [3.8, 4) is 5.75 Å². The zero-order valence-corrected chi connectivity index (χ0v) is 18.6. The van der Waals surface area contributed by atoms with E-state index < -0.39 is 0 Å². The highest BCUT2D eigenvalue weighted by atomic mass is 16.5. The lowest BCUT2D eigenvalue weighted by atomic mass is 10.1. The lowest BCUT2D eigenvalue weighted by Gasteiger charge is -2.25. The van der Waals surface area contributed by atoms with E-state index in [1.165, 1.54) is 0 Å². The summed E-state index contributed by atoms with van der Waals surface area (Å²) in [5, 5.41) is 8.61. The molecule has 162 valence electrons. The number of hydrogen-bond donors (Lipinski definition) is 3. The van der Waals surface area contributed by atoms with Gasteiger partial charge in [-0.2, -0.15) is 0 Å². The average Bonchev–Trinajstić information content (AvgIpc) is 2.67. The summed E-state index contributed by atoms with van der Waals surface area (Å²) >= 11 is 0. The van der Waals surface area contributed by atoms with Crippen LogP contribution in [0, 0.1) is 0 Å². The molecule has 7 heteroatoms. The molecule has 0 saturated carbocycles. The summed E-state index contributed by atoms with van der Waals surface area (Å²) in [6.45, 7) is 6.17. The summed E-state index contributed by atoms with van der Waals surface area (Å²) in [6, 6.07) is 14.3. The van der Waals surface area contributed by atoms with Gasteiger partial charge in [0.05, 0.1) is 13.2 Å². The number of anilines is 1. The minimum absolute atomic E-state index is 0.0188. The second kappa shape index (κ2) is 10.1. The largest absolute Gasteiger partial charge is 0.497 e. The van der Waals surface area contributed by atoms with E-state index in [-0.39, 0.29) is 23.5 Å². The molecule has 0 fully saturated rings. The third-order valence-corrected chi connectivity index (χ3v) is 4.43. The van der Waals surface area contributed by atoms with E-state index in [9.17, 15) is 9.59 Å². The molecule has 0 saturated heterocycles. The van der Waals surface area contributed by atoms with Gasteiger partial charge in [0.25, 0.3) is 5.91 Å². The summed E-state index contributed by atoms with van der Waals surface area (Å²) in [5.41, 5.74) is 1.75. The Balaban J connectivity index is 2.01. The predicted octanol–water partition coefficient (Wildman–Crippen LogP) is 3.65. The van der Waals surface area contributed by atoms with Crippen LogP contribution >= 0.6 is 0 Å². The van der Waals surface area contributed by atoms with Gasteiger partial charge in [-0.3, -0.25) is 4.79 Å². The molecular weight excluding hydrogens is 380 g/mol. The predicted molar refractivity (Wildman–Crippen MR) is 120 cm³/mol. The van der Waals surface area contributed by atoms with Crippen LogP contribution in [0.25, 0.3) is 0 Å². The number of amides is 3. The van der Waals surface area contributed by atoms with Gasteiger partial charge in [0, 0.05) is 23.3 Å². The topological polar surface area (TPSA) is 82.7 Å². The number of likely N-dealkylation sites (N-methyl/N-ethyl adjacent to an activating group) is 1. The van der Waals surface area contributed by atoms with Crippen LogP contribution in [-0.2, 0) is 0 Å². The Bertz CT molecular complexity index is 875. The first kappa shape index (κ1) is 23.2. The van der Waals surface area contributed by atoms with E-state index in [1.807, 2.05) is 64.0 Å². The Morgan fingerprint density at radius 1 is 1.07 bits per heavy atom. The highest BCUT2D eigenvalue weighted by molar-refractivity contribution is 5.97. The molecule has 2 aromatic rings. The van der Waals surface area contributed by atoms with E-state index in [0.717, 1.165) is 11.3 Å². The number of ether oxygens (including phenoxy) is 1. The van der Waals surface area contributed by atoms with Crippen molar-refractivity contribution in [2.24, 2.45) is 0 Å². The molecule has 0 aliphatic heterocycles. The molecule has 0 spiro atoms. The molecule has 1 atom stereocenters. The number of nitrogens with zero attached hydrogens (tertiary/aromatic N) is 1. The van der Waals surface area contributed by atoms with Crippen LogP contribution in [0.5, 0.6) is 5.75 Å². The number of urea groups is 1. The number of hydrogen-bond acceptors (Lipinski definition) is 4. The highest BCUT2D eigenvalue weighted by Crippen LogP contribution is 2.22. The van der Waals surface area contributed by atoms with Gasteiger partial charge in [-0.15, -0.1) is 0 Å². The lowest BCUT2D eigenvalue weighted by molar-refractivity contribution is 0.0919. The van der Waals surface area contributed by atoms with Gasteiger partial charge in [0.2, 0.25) is 0 Å². The van der Waals surface area contributed by atoms with Crippen molar-refractivity contribution in [3.05, 3.63) is 59.7 Å². The fraction of sp³-hybridized carbons (Fsp3) is 0.391. The molecule has 30 heavy (non-hydrogen) atoms. The van der Waals surface area contributed by atoms with Crippen LogP contribution in [0.2, 0.25) is 0 Å². The Morgan fingerprint density at radius 2 is 1.77 bits per heavy atom. The van der Waals surface area contributed by atoms with E-state index in [4.69, 9.17) is 4.74 Å². The summed E-state index contributed by atoms with van der Waals surface area (Å²) in [7, 11) is 5.55. The quantitative estimate of drug-likeness (QED) is 0.648. The molecule has 3 N–H and O–H groups in total. The van der Waals surface area contributed by atoms with Crippen LogP contribution < -0.4 is 20.7 Å². The van der Waals surface area contributed by atoms with Gasteiger partial charge in [-0.1, -0.05) is 18.2 Å². The number of benzene rings is 2. The molecule has 2 aromatic carbocycles. The summed E-state index contributed by atoms with van der Waals surface area (Å²) in [5.74, 6) is 0.589. The minimum atomic E-state index is -0.335. The molecule has 0 aliphatic rings. The van der Waals surface area contributed by atoms with E-state index in [1.54, 1.807) is 31.4 Å². The third-order valence-electron chi connectivity index (χ3n) is 4.43. The van der Waals surface area contributed by atoms with Crippen molar-refractivity contribution < 1.29 is 14.3 Å². The molecule has 3 amide bonds. The molecule has 0 radical (unpaired) electrons. The number of nitrogens with one attached hydrogen (secondary N) is 3. The Labute approximate surface area is 178 Å². The molecule has 0 aromatic heterocycles. The molecular formula is C23H32N4O3. The van der Waals surface area contributed by atoms with E-state index in [2.05, 4.69) is 16.0 Å². The van der Waals surface area contributed by atoms with Crippen molar-refractivity contribution >= 4 is 17.6 Å². The first-order valence-corrected chi connectivity index (χ1v) is 9.87. The molecule has 2 rings (SSSR count). The monoisotopic (exact) mass is 412 g/mol. The van der Waals surface area contributed by atoms with Gasteiger partial charge in [0.1, 0.15) is 5.75 Å². The van der Waals surface area contributed by atoms with Crippen molar-refractivity contribution in [3.63, 3.8) is 0 Å². The van der Waals surface area contributed by atoms with Gasteiger partial charge >= 0.3 is 6.03 Å². The molecule has 1 unspecified atom stereocenters. The van der Waals surface area contributed by atoms with Gasteiger partial charge in [0.15, 0.2) is 0 Å². The summed E-state index contributed by atoms with van der Waals surface area (Å²) in [4.78, 5) is 26.8. The van der Waals surface area contributed by atoms with Crippen molar-refractivity contribution in [1.29, 1.82) is 0 Å². The first-order chi connectivity index (χ1) is 14.1. The third kappa shape index (κ3) is 7.08. The summed E-state index contributed by atoms with van der Waals surface area (Å²) in [6.07, 6.45) is 0. The Hall–Kier alpha value is -3.06. The number of carbonyl (C=O) groups is 2. The second-order valence-electron chi connectivity index (χ2n) is 8.38. The standard InChI is InChI=1S/C23H32N4O3/c1-23(2,3)26-21(28)17-10-7-11-18(13-17)25-22(29)24-15-20(27(4)5)16-9-8-12-19(14-16)30-6/h7-14,20H,15H2,1-6H3,(H,26,28)(H2,24,25,29). The molecule has 0 heterocycles. The van der Waals surface area contributed by atoms with Crippen LogP contribution in [0.15, 0.2) is 48.5 Å².